The molecule has 7 heteroatoms. The first-order valence-electron chi connectivity index (χ1n) is 13.4. The largest absolute Gasteiger partial charge is 0.494 e. The average molecular weight is 530 g/mol. The van der Waals surface area contributed by atoms with E-state index in [-0.39, 0.29) is 11.8 Å². The Bertz CT molecular complexity index is 1270. The van der Waals surface area contributed by atoms with Crippen molar-refractivity contribution < 1.29 is 14.3 Å². The van der Waals surface area contributed by atoms with Gasteiger partial charge in [-0.3, -0.25) is 14.6 Å². The Labute approximate surface area is 228 Å². The molecule has 2 heterocycles. The molecular formula is C31H35N3O3S. The van der Waals surface area contributed by atoms with Crippen molar-refractivity contribution in [3.8, 4) is 5.75 Å². The molecule has 5 rings (SSSR count). The number of hydrogen-bond donors (Lipinski definition) is 0. The van der Waals surface area contributed by atoms with Crippen LogP contribution in [0, 0.1) is 0 Å². The molecule has 0 bridgehead atoms. The summed E-state index contributed by atoms with van der Waals surface area (Å²) in [5, 5.41) is 0.750. The molecule has 1 aromatic heterocycles. The summed E-state index contributed by atoms with van der Waals surface area (Å²) in [6.07, 6.45) is 1.26. The highest BCUT2D eigenvalue weighted by Gasteiger charge is 2.25. The highest BCUT2D eigenvalue weighted by Crippen LogP contribution is 2.34. The van der Waals surface area contributed by atoms with E-state index in [4.69, 9.17) is 14.5 Å². The summed E-state index contributed by atoms with van der Waals surface area (Å²) in [7, 11) is 0. The van der Waals surface area contributed by atoms with Crippen LogP contribution in [0.3, 0.4) is 0 Å². The molecule has 0 atom stereocenters. The summed E-state index contributed by atoms with van der Waals surface area (Å²) in [4.78, 5) is 23.3. The third kappa shape index (κ3) is 6.59. The predicted octanol–water partition coefficient (Wildman–Crippen LogP) is 5.97. The van der Waals surface area contributed by atoms with Crippen LogP contribution in [0.25, 0.3) is 10.2 Å². The SMILES string of the molecule is CCOc1ccc2nc(N(CCCN3CCOCC3)C(=O)CC(c3ccccc3)c3ccccc3)sc2c1. The second-order valence-electron chi connectivity index (χ2n) is 9.49. The first-order chi connectivity index (χ1) is 18.7. The van der Waals surface area contributed by atoms with E-state index < -0.39 is 0 Å². The third-order valence-corrected chi connectivity index (χ3v) is 7.98. The maximum atomic E-state index is 14.1. The Hall–Kier alpha value is -3.26. The molecule has 1 aliphatic rings. The minimum Gasteiger partial charge on any atom is -0.494 e. The molecule has 198 valence electrons. The molecular weight excluding hydrogens is 494 g/mol. The summed E-state index contributed by atoms with van der Waals surface area (Å²) in [6.45, 7) is 7.60. The summed E-state index contributed by atoms with van der Waals surface area (Å²) in [5.74, 6) is 0.896. The van der Waals surface area contributed by atoms with Crippen molar-refractivity contribution >= 4 is 32.6 Å². The van der Waals surface area contributed by atoms with Crippen LogP contribution in [0.4, 0.5) is 5.13 Å². The number of amides is 1. The van der Waals surface area contributed by atoms with E-state index in [2.05, 4.69) is 29.2 Å². The normalized spacial score (nSPS) is 14.2. The van der Waals surface area contributed by atoms with E-state index in [9.17, 15) is 4.79 Å². The van der Waals surface area contributed by atoms with Crippen LogP contribution in [0.15, 0.2) is 78.9 Å². The van der Waals surface area contributed by atoms with Crippen LogP contribution < -0.4 is 9.64 Å². The van der Waals surface area contributed by atoms with Gasteiger partial charge in [0.15, 0.2) is 5.13 Å². The summed E-state index contributed by atoms with van der Waals surface area (Å²) < 4.78 is 12.2. The number of benzene rings is 3. The number of carbonyl (C=O) groups excluding carboxylic acids is 1. The second kappa shape index (κ2) is 13.0. The van der Waals surface area contributed by atoms with E-state index in [0.717, 1.165) is 71.5 Å². The molecule has 1 amide bonds. The fourth-order valence-corrected chi connectivity index (χ4v) is 5.99. The number of thiazole rings is 1. The Morgan fingerprint density at radius 1 is 1.03 bits per heavy atom. The number of hydrogen-bond acceptors (Lipinski definition) is 6. The minimum absolute atomic E-state index is 0.0226. The monoisotopic (exact) mass is 529 g/mol. The van der Waals surface area contributed by atoms with Gasteiger partial charge in [-0.15, -0.1) is 0 Å². The van der Waals surface area contributed by atoms with E-state index in [1.54, 1.807) is 11.3 Å². The van der Waals surface area contributed by atoms with Crippen molar-refractivity contribution in [2.24, 2.45) is 0 Å². The van der Waals surface area contributed by atoms with Gasteiger partial charge in [0.1, 0.15) is 5.75 Å². The number of morpholine rings is 1. The molecule has 0 saturated carbocycles. The average Bonchev–Trinajstić information content (AvgIpc) is 3.38. The maximum absolute atomic E-state index is 14.1. The van der Waals surface area contributed by atoms with Gasteiger partial charge in [-0.1, -0.05) is 72.0 Å². The van der Waals surface area contributed by atoms with Crippen molar-refractivity contribution in [3.63, 3.8) is 0 Å². The van der Waals surface area contributed by atoms with Gasteiger partial charge in [0.2, 0.25) is 5.91 Å². The third-order valence-electron chi connectivity index (χ3n) is 6.93. The number of rotatable bonds is 11. The lowest BCUT2D eigenvalue weighted by Gasteiger charge is -2.28. The second-order valence-corrected chi connectivity index (χ2v) is 10.5. The van der Waals surface area contributed by atoms with Crippen molar-refractivity contribution in [1.29, 1.82) is 0 Å². The number of ether oxygens (including phenoxy) is 2. The summed E-state index contributed by atoms with van der Waals surface area (Å²) in [5.41, 5.74) is 3.18. The van der Waals surface area contributed by atoms with E-state index in [0.29, 0.717) is 19.6 Å². The lowest BCUT2D eigenvalue weighted by molar-refractivity contribution is -0.118. The van der Waals surface area contributed by atoms with Gasteiger partial charge >= 0.3 is 0 Å². The standard InChI is InChI=1S/C31H35N3O3S/c1-2-37-26-14-15-28-29(22-26)38-31(32-28)34(17-9-16-33-18-20-36-21-19-33)30(35)23-27(24-10-5-3-6-11-24)25-12-7-4-8-13-25/h3-8,10-15,22,27H,2,9,16-21,23H2,1H3. The fourth-order valence-electron chi connectivity index (χ4n) is 4.95. The predicted molar refractivity (Wildman–Crippen MR) is 154 cm³/mol. The summed E-state index contributed by atoms with van der Waals surface area (Å²) >= 11 is 1.56. The highest BCUT2D eigenvalue weighted by atomic mass is 32.1. The zero-order valence-electron chi connectivity index (χ0n) is 21.9. The molecule has 1 saturated heterocycles. The van der Waals surface area contributed by atoms with Crippen molar-refractivity contribution in [1.82, 2.24) is 9.88 Å². The molecule has 3 aromatic carbocycles. The van der Waals surface area contributed by atoms with Crippen LogP contribution in [-0.4, -0.2) is 61.8 Å². The topological polar surface area (TPSA) is 54.9 Å². The minimum atomic E-state index is -0.0226. The Morgan fingerprint density at radius 3 is 2.37 bits per heavy atom. The maximum Gasteiger partial charge on any atom is 0.229 e. The van der Waals surface area contributed by atoms with E-state index in [1.165, 1.54) is 0 Å². The number of nitrogens with zero attached hydrogens (tertiary/aromatic N) is 3. The van der Waals surface area contributed by atoms with Gasteiger partial charge < -0.3 is 9.47 Å². The number of fused-ring (bicyclic) bond motifs is 1. The Kier molecular flexibility index (Phi) is 9.02. The smallest absolute Gasteiger partial charge is 0.229 e. The van der Waals surface area contributed by atoms with Gasteiger partial charge in [-0.05, 0) is 42.7 Å². The molecule has 38 heavy (non-hydrogen) atoms. The molecule has 0 radical (unpaired) electrons. The van der Waals surface area contributed by atoms with Gasteiger partial charge in [0, 0.05) is 38.5 Å². The number of aromatic nitrogens is 1. The van der Waals surface area contributed by atoms with E-state index >= 15 is 0 Å². The fraction of sp³-hybridized carbons (Fsp3) is 0.355. The van der Waals surface area contributed by atoms with Gasteiger partial charge in [-0.25, -0.2) is 4.98 Å². The van der Waals surface area contributed by atoms with Crippen LogP contribution in [0.1, 0.15) is 36.8 Å². The molecule has 1 aliphatic heterocycles. The lowest BCUT2D eigenvalue weighted by atomic mass is 9.88. The van der Waals surface area contributed by atoms with Crippen LogP contribution in [0.5, 0.6) is 5.75 Å². The molecule has 0 unspecified atom stereocenters. The molecule has 0 aliphatic carbocycles. The van der Waals surface area contributed by atoms with Crippen LogP contribution in [0.2, 0.25) is 0 Å². The van der Waals surface area contributed by atoms with E-state index in [1.807, 2.05) is 66.4 Å². The Morgan fingerprint density at radius 2 is 1.71 bits per heavy atom. The first kappa shape index (κ1) is 26.4. The molecule has 0 spiro atoms. The van der Waals surface area contributed by atoms with Crippen molar-refractivity contribution in [3.05, 3.63) is 90.0 Å². The molecule has 6 nitrogen and oxygen atoms in total. The lowest BCUT2D eigenvalue weighted by Crippen LogP contribution is -2.39. The van der Waals surface area contributed by atoms with Crippen LogP contribution >= 0.6 is 11.3 Å². The highest BCUT2D eigenvalue weighted by molar-refractivity contribution is 7.22. The van der Waals surface area contributed by atoms with Gasteiger partial charge in [0.25, 0.3) is 0 Å². The quantitative estimate of drug-likeness (QED) is 0.240. The Balaban J connectivity index is 1.41. The zero-order valence-corrected chi connectivity index (χ0v) is 22.7. The molecule has 4 aromatic rings. The van der Waals surface area contributed by atoms with Gasteiger partial charge in [-0.2, -0.15) is 0 Å². The number of carbonyl (C=O) groups is 1. The zero-order chi connectivity index (χ0) is 26.2. The summed E-state index contributed by atoms with van der Waals surface area (Å²) in [6, 6.07) is 26.6. The number of anilines is 1. The van der Waals surface area contributed by atoms with Crippen molar-refractivity contribution in [2.75, 3.05) is 50.9 Å². The van der Waals surface area contributed by atoms with Gasteiger partial charge in [0.05, 0.1) is 30.0 Å². The molecule has 0 N–H and O–H groups in total. The first-order valence-corrected chi connectivity index (χ1v) is 14.3. The van der Waals surface area contributed by atoms with Crippen molar-refractivity contribution in [2.45, 2.75) is 25.7 Å². The molecule has 1 fully saturated rings. The van der Waals surface area contributed by atoms with Crippen LogP contribution in [-0.2, 0) is 9.53 Å².